The van der Waals surface area contributed by atoms with Crippen LogP contribution in [0.2, 0.25) is 0 Å². The molecule has 0 aliphatic carbocycles. The fraction of sp³-hybridized carbons (Fsp3) is 0.333. The molecule has 94 valence electrons. The first-order chi connectivity index (χ1) is 7.81. The maximum Gasteiger partial charge on any atom is 0.319 e. The van der Waals surface area contributed by atoms with Crippen LogP contribution < -0.4 is 0 Å². The van der Waals surface area contributed by atoms with Gasteiger partial charge in [0.05, 0.1) is 4.92 Å². The van der Waals surface area contributed by atoms with Gasteiger partial charge in [-0.15, -0.1) is 0 Å². The zero-order valence-electron chi connectivity index (χ0n) is 8.94. The van der Waals surface area contributed by atoms with E-state index in [1.807, 2.05) is 0 Å². The van der Waals surface area contributed by atoms with Crippen LogP contribution in [0.1, 0.15) is 18.4 Å². The molecular weight excluding hydrogens is 266 g/mol. The van der Waals surface area contributed by atoms with Crippen LogP contribution in [-0.4, -0.2) is 23.6 Å². The molecule has 1 unspecified atom stereocenters. The standard InChI is InChI=1S/C9H11NO5S2/c1-7(6-16-17(13,14)15)8-4-2-3-5-9(8)10(11)12/h2-5,7H,6H2,1H3,(H,13,14,15). The lowest BCUT2D eigenvalue weighted by Crippen LogP contribution is -2.04. The topological polar surface area (TPSA) is 97.5 Å². The second-order valence-electron chi connectivity index (χ2n) is 3.43. The second kappa shape index (κ2) is 5.48. The Morgan fingerprint density at radius 1 is 1.47 bits per heavy atom. The van der Waals surface area contributed by atoms with Gasteiger partial charge in [-0.05, 0) is 16.7 Å². The van der Waals surface area contributed by atoms with E-state index in [4.69, 9.17) is 4.55 Å². The van der Waals surface area contributed by atoms with Crippen molar-refractivity contribution in [2.24, 2.45) is 0 Å². The molecule has 0 amide bonds. The SMILES string of the molecule is CC(CSS(=O)(=O)O)c1ccccc1[N+](=O)[O-]. The van der Waals surface area contributed by atoms with Crippen molar-refractivity contribution >= 4 is 25.6 Å². The highest BCUT2D eigenvalue weighted by Gasteiger charge is 2.19. The zero-order chi connectivity index (χ0) is 13.1. The van der Waals surface area contributed by atoms with Gasteiger partial charge in [0, 0.05) is 17.4 Å². The highest BCUT2D eigenvalue weighted by molar-refractivity contribution is 8.69. The summed E-state index contributed by atoms with van der Waals surface area (Å²) in [6, 6.07) is 6.14. The van der Waals surface area contributed by atoms with E-state index < -0.39 is 14.1 Å². The molecule has 0 heterocycles. The van der Waals surface area contributed by atoms with Gasteiger partial charge in [0.15, 0.2) is 0 Å². The van der Waals surface area contributed by atoms with Crippen molar-refractivity contribution in [1.29, 1.82) is 0 Å². The monoisotopic (exact) mass is 277 g/mol. The van der Waals surface area contributed by atoms with Gasteiger partial charge in [0.2, 0.25) is 0 Å². The average molecular weight is 277 g/mol. The summed E-state index contributed by atoms with van der Waals surface area (Å²) in [4.78, 5) is 10.2. The van der Waals surface area contributed by atoms with Gasteiger partial charge < -0.3 is 0 Å². The molecule has 0 aliphatic rings. The van der Waals surface area contributed by atoms with E-state index in [1.54, 1.807) is 25.1 Å². The molecule has 0 aliphatic heterocycles. The minimum atomic E-state index is -4.11. The van der Waals surface area contributed by atoms with Crippen molar-refractivity contribution in [3.05, 3.63) is 39.9 Å². The molecule has 6 nitrogen and oxygen atoms in total. The van der Waals surface area contributed by atoms with Gasteiger partial charge in [-0.1, -0.05) is 25.1 Å². The molecule has 17 heavy (non-hydrogen) atoms. The summed E-state index contributed by atoms with van der Waals surface area (Å²) in [6.45, 7) is 1.67. The molecule has 1 atom stereocenters. The van der Waals surface area contributed by atoms with E-state index in [2.05, 4.69) is 0 Å². The number of para-hydroxylation sites is 1. The number of benzene rings is 1. The van der Waals surface area contributed by atoms with Crippen molar-refractivity contribution in [1.82, 2.24) is 0 Å². The number of hydrogen-bond acceptors (Lipinski definition) is 5. The zero-order valence-corrected chi connectivity index (χ0v) is 10.6. The molecule has 1 aromatic rings. The van der Waals surface area contributed by atoms with Crippen LogP contribution in [0.5, 0.6) is 0 Å². The van der Waals surface area contributed by atoms with Crippen LogP contribution in [0.3, 0.4) is 0 Å². The fourth-order valence-corrected chi connectivity index (χ4v) is 3.03. The number of hydrogen-bond donors (Lipinski definition) is 1. The van der Waals surface area contributed by atoms with Crippen LogP contribution in [-0.2, 0) is 9.15 Å². The molecule has 1 aromatic carbocycles. The molecule has 0 spiro atoms. The van der Waals surface area contributed by atoms with Crippen molar-refractivity contribution < 1.29 is 17.9 Å². The normalized spacial score (nSPS) is 13.3. The molecule has 0 aromatic heterocycles. The molecule has 0 saturated carbocycles. The smallest absolute Gasteiger partial charge is 0.277 e. The third kappa shape index (κ3) is 4.33. The maximum absolute atomic E-state index is 10.8. The van der Waals surface area contributed by atoms with Crippen molar-refractivity contribution in [3.8, 4) is 0 Å². The Bertz CT molecular complexity index is 514. The minimum absolute atomic E-state index is 0.0454. The number of nitro benzene ring substituents is 1. The van der Waals surface area contributed by atoms with E-state index in [0.29, 0.717) is 16.4 Å². The third-order valence-electron chi connectivity index (χ3n) is 2.13. The predicted octanol–water partition coefficient (Wildman–Crippen LogP) is 2.23. The van der Waals surface area contributed by atoms with Crippen molar-refractivity contribution in [3.63, 3.8) is 0 Å². The first kappa shape index (κ1) is 13.9. The van der Waals surface area contributed by atoms with E-state index in [-0.39, 0.29) is 17.4 Å². The summed E-state index contributed by atoms with van der Waals surface area (Å²) in [5.41, 5.74) is 0.407. The summed E-state index contributed by atoms with van der Waals surface area (Å²) in [5.74, 6) is -0.285. The van der Waals surface area contributed by atoms with Crippen molar-refractivity contribution in [2.45, 2.75) is 12.8 Å². The molecule has 0 fully saturated rings. The van der Waals surface area contributed by atoms with Crippen LogP contribution in [0.15, 0.2) is 24.3 Å². The molecule has 0 radical (unpaired) electrons. The average Bonchev–Trinajstić information content (AvgIpc) is 2.25. The lowest BCUT2D eigenvalue weighted by Gasteiger charge is -2.10. The Hall–Kier alpha value is -1.12. The first-order valence-corrected chi connectivity index (χ1v) is 7.60. The van der Waals surface area contributed by atoms with Crippen LogP contribution in [0, 0.1) is 10.1 Å². The van der Waals surface area contributed by atoms with Crippen molar-refractivity contribution in [2.75, 3.05) is 5.75 Å². The lowest BCUT2D eigenvalue weighted by atomic mass is 10.0. The van der Waals surface area contributed by atoms with Gasteiger partial charge in [0.25, 0.3) is 5.69 Å². The Balaban J connectivity index is 2.89. The van der Waals surface area contributed by atoms with Crippen LogP contribution in [0.25, 0.3) is 0 Å². The van der Waals surface area contributed by atoms with E-state index in [0.717, 1.165) is 0 Å². The molecule has 0 bridgehead atoms. The summed E-state index contributed by atoms with van der Waals surface area (Å²) in [7, 11) is -3.75. The van der Waals surface area contributed by atoms with E-state index in [1.165, 1.54) is 6.07 Å². The molecule has 8 heteroatoms. The third-order valence-corrected chi connectivity index (χ3v) is 4.37. The summed E-state index contributed by atoms with van der Waals surface area (Å²) in [5, 5.41) is 10.8. The predicted molar refractivity (Wildman–Crippen MR) is 65.5 cm³/mol. The minimum Gasteiger partial charge on any atom is -0.277 e. The maximum atomic E-state index is 10.8. The Kier molecular flexibility index (Phi) is 4.49. The van der Waals surface area contributed by atoms with Gasteiger partial charge in [-0.25, -0.2) is 0 Å². The number of nitrogens with zero attached hydrogens (tertiary/aromatic N) is 1. The molecular formula is C9H11NO5S2. The number of rotatable bonds is 5. The van der Waals surface area contributed by atoms with Crippen LogP contribution >= 0.6 is 10.8 Å². The second-order valence-corrected chi connectivity index (χ2v) is 6.82. The summed E-state index contributed by atoms with van der Waals surface area (Å²) >= 11 is 0. The molecule has 1 N–H and O–H groups in total. The Morgan fingerprint density at radius 3 is 2.59 bits per heavy atom. The van der Waals surface area contributed by atoms with E-state index in [9.17, 15) is 18.5 Å². The van der Waals surface area contributed by atoms with Gasteiger partial charge in [-0.2, -0.15) is 8.42 Å². The lowest BCUT2D eigenvalue weighted by molar-refractivity contribution is -0.385. The Labute approximate surface area is 102 Å². The highest BCUT2D eigenvalue weighted by atomic mass is 33.1. The van der Waals surface area contributed by atoms with Gasteiger partial charge >= 0.3 is 9.15 Å². The van der Waals surface area contributed by atoms with Gasteiger partial charge in [-0.3, -0.25) is 14.7 Å². The summed E-state index contributed by atoms with van der Waals surface area (Å²) < 4.78 is 29.7. The number of nitro groups is 1. The highest BCUT2D eigenvalue weighted by Crippen LogP contribution is 2.29. The summed E-state index contributed by atoms with van der Waals surface area (Å²) in [6.07, 6.45) is 0. The van der Waals surface area contributed by atoms with Gasteiger partial charge in [0.1, 0.15) is 0 Å². The molecule has 1 rings (SSSR count). The quantitative estimate of drug-likeness (QED) is 0.383. The largest absolute Gasteiger partial charge is 0.319 e. The fourth-order valence-electron chi connectivity index (χ4n) is 1.35. The Morgan fingerprint density at radius 2 is 2.06 bits per heavy atom. The van der Waals surface area contributed by atoms with Crippen LogP contribution in [0.4, 0.5) is 5.69 Å². The van der Waals surface area contributed by atoms with E-state index >= 15 is 0 Å². The first-order valence-electron chi connectivity index (χ1n) is 4.66. The molecule has 0 saturated heterocycles.